The van der Waals surface area contributed by atoms with E-state index < -0.39 is 11.7 Å². The number of alkyl halides is 3. The minimum absolute atomic E-state index is 0.268. The molecule has 0 radical (unpaired) electrons. The molecule has 7 heteroatoms. The number of nitrogens with zero attached hydrogens (tertiary/aromatic N) is 3. The number of hydrogen-bond acceptors (Lipinski definition) is 2. The first-order chi connectivity index (χ1) is 16.7. The first kappa shape index (κ1) is 25.6. The van der Waals surface area contributed by atoms with Gasteiger partial charge >= 0.3 is 6.18 Å². The molecule has 0 bridgehead atoms. The van der Waals surface area contributed by atoms with Crippen LogP contribution in [0.3, 0.4) is 0 Å². The van der Waals surface area contributed by atoms with Crippen LogP contribution in [-0.4, -0.2) is 29.1 Å². The summed E-state index contributed by atoms with van der Waals surface area (Å²) in [5.41, 5.74) is 3.80. The van der Waals surface area contributed by atoms with Crippen molar-refractivity contribution in [1.82, 2.24) is 9.47 Å². The van der Waals surface area contributed by atoms with Gasteiger partial charge in [-0.15, -0.1) is 0 Å². The molecule has 0 amide bonds. The van der Waals surface area contributed by atoms with Crippen LogP contribution in [0, 0.1) is 13.8 Å². The second-order valence-corrected chi connectivity index (χ2v) is 9.85. The van der Waals surface area contributed by atoms with E-state index in [2.05, 4.69) is 24.0 Å². The van der Waals surface area contributed by atoms with Crippen LogP contribution in [0.5, 0.6) is 0 Å². The standard InChI is InChI=1S/C28H33ClF3N3/c1-4-12-33(15-11-22-9-6-5-7-10-22)19-25-23(28(30,31)32)18-26-34(25)13-8-14-35(26)27-21(3)16-20(2)17-24(27)29/h5-7,9-10,16-18H,4,8,11-15,19H2,1-3H3. The molecule has 35 heavy (non-hydrogen) atoms. The fourth-order valence-electron chi connectivity index (χ4n) is 5.17. The van der Waals surface area contributed by atoms with Gasteiger partial charge < -0.3 is 9.47 Å². The summed E-state index contributed by atoms with van der Waals surface area (Å²) in [7, 11) is 0. The molecule has 0 spiro atoms. The van der Waals surface area contributed by atoms with Gasteiger partial charge in [0.05, 0.1) is 16.3 Å². The number of anilines is 2. The van der Waals surface area contributed by atoms with E-state index in [1.807, 2.05) is 53.6 Å². The molecule has 1 aliphatic heterocycles. The number of fused-ring (bicyclic) bond motifs is 1. The van der Waals surface area contributed by atoms with Crippen molar-refractivity contribution in [2.24, 2.45) is 0 Å². The van der Waals surface area contributed by atoms with E-state index in [1.165, 1.54) is 11.6 Å². The summed E-state index contributed by atoms with van der Waals surface area (Å²) >= 11 is 6.61. The minimum atomic E-state index is -4.42. The molecule has 0 fully saturated rings. The molecule has 1 aliphatic rings. The Morgan fingerprint density at radius 3 is 2.40 bits per heavy atom. The van der Waals surface area contributed by atoms with Crippen LogP contribution in [0.15, 0.2) is 48.5 Å². The van der Waals surface area contributed by atoms with Crippen molar-refractivity contribution < 1.29 is 13.2 Å². The normalized spacial score (nSPS) is 14.0. The maximum absolute atomic E-state index is 14.3. The van der Waals surface area contributed by atoms with Crippen molar-refractivity contribution >= 4 is 23.1 Å². The maximum Gasteiger partial charge on any atom is 0.418 e. The quantitative estimate of drug-likeness (QED) is 0.311. The van der Waals surface area contributed by atoms with E-state index in [4.69, 9.17) is 11.6 Å². The van der Waals surface area contributed by atoms with Gasteiger partial charge in [0.15, 0.2) is 0 Å². The van der Waals surface area contributed by atoms with E-state index in [0.717, 1.165) is 42.6 Å². The van der Waals surface area contributed by atoms with Crippen LogP contribution in [0.2, 0.25) is 5.02 Å². The minimum Gasteiger partial charge on any atom is -0.330 e. The van der Waals surface area contributed by atoms with Crippen molar-refractivity contribution in [3.05, 3.63) is 81.5 Å². The Balaban J connectivity index is 1.71. The molecule has 3 nitrogen and oxygen atoms in total. The predicted octanol–water partition coefficient (Wildman–Crippen LogP) is 7.77. The van der Waals surface area contributed by atoms with Crippen LogP contribution >= 0.6 is 11.6 Å². The number of aryl methyl sites for hydroxylation is 2. The van der Waals surface area contributed by atoms with Crippen molar-refractivity contribution in [3.63, 3.8) is 0 Å². The third kappa shape index (κ3) is 5.70. The summed E-state index contributed by atoms with van der Waals surface area (Å²) in [6.45, 7) is 8.93. The highest BCUT2D eigenvalue weighted by Crippen LogP contribution is 2.43. The Kier molecular flexibility index (Phi) is 7.82. The molecule has 0 unspecified atom stereocenters. The molecule has 0 aliphatic carbocycles. The van der Waals surface area contributed by atoms with E-state index in [-0.39, 0.29) is 6.54 Å². The van der Waals surface area contributed by atoms with Crippen LogP contribution < -0.4 is 4.90 Å². The average molecular weight is 504 g/mol. The van der Waals surface area contributed by atoms with Gasteiger partial charge in [-0.05, 0) is 68.5 Å². The molecule has 3 aromatic rings. The van der Waals surface area contributed by atoms with Crippen LogP contribution in [0.1, 0.15) is 47.7 Å². The van der Waals surface area contributed by atoms with Crippen LogP contribution in [0.4, 0.5) is 24.7 Å². The molecular formula is C28H33ClF3N3. The molecule has 4 rings (SSSR count). The number of hydrogen-bond donors (Lipinski definition) is 0. The lowest BCUT2D eigenvalue weighted by molar-refractivity contribution is -0.138. The Bertz CT molecular complexity index is 1130. The summed E-state index contributed by atoms with van der Waals surface area (Å²) in [5.74, 6) is 0.576. The Morgan fingerprint density at radius 2 is 1.74 bits per heavy atom. The molecule has 1 aromatic heterocycles. The van der Waals surface area contributed by atoms with Gasteiger partial charge in [-0.25, -0.2) is 0 Å². The fraction of sp³-hybridized carbons (Fsp3) is 0.429. The molecule has 188 valence electrons. The molecule has 0 saturated carbocycles. The molecule has 0 N–H and O–H groups in total. The number of aromatic nitrogens is 1. The lowest BCUT2D eigenvalue weighted by Crippen LogP contribution is -2.32. The van der Waals surface area contributed by atoms with Crippen molar-refractivity contribution in [2.45, 2.75) is 59.3 Å². The third-order valence-electron chi connectivity index (χ3n) is 6.67. The fourth-order valence-corrected chi connectivity index (χ4v) is 5.59. The van der Waals surface area contributed by atoms with Gasteiger partial charge in [-0.1, -0.05) is 54.9 Å². The van der Waals surface area contributed by atoms with Crippen molar-refractivity contribution in [1.29, 1.82) is 0 Å². The molecule has 2 aromatic carbocycles. The number of benzene rings is 2. The second kappa shape index (κ2) is 10.7. The number of rotatable bonds is 8. The average Bonchev–Trinajstić information content (AvgIpc) is 3.17. The van der Waals surface area contributed by atoms with Crippen LogP contribution in [0.25, 0.3) is 0 Å². The van der Waals surface area contributed by atoms with E-state index in [0.29, 0.717) is 36.2 Å². The highest BCUT2D eigenvalue weighted by atomic mass is 35.5. The summed E-state index contributed by atoms with van der Waals surface area (Å²) in [4.78, 5) is 4.11. The Morgan fingerprint density at radius 1 is 1.00 bits per heavy atom. The van der Waals surface area contributed by atoms with Gasteiger partial charge in [-0.2, -0.15) is 13.2 Å². The topological polar surface area (TPSA) is 11.4 Å². The molecule has 2 heterocycles. The molecule has 0 saturated heterocycles. The van der Waals surface area contributed by atoms with E-state index in [9.17, 15) is 13.2 Å². The zero-order valence-corrected chi connectivity index (χ0v) is 21.4. The highest BCUT2D eigenvalue weighted by Gasteiger charge is 2.39. The predicted molar refractivity (Wildman–Crippen MR) is 138 cm³/mol. The van der Waals surface area contributed by atoms with Gasteiger partial charge in [0.1, 0.15) is 5.82 Å². The zero-order chi connectivity index (χ0) is 25.2. The smallest absolute Gasteiger partial charge is 0.330 e. The summed E-state index contributed by atoms with van der Waals surface area (Å²) in [5, 5.41) is 0.572. The summed E-state index contributed by atoms with van der Waals surface area (Å²) in [6.07, 6.45) is -1.98. The third-order valence-corrected chi connectivity index (χ3v) is 6.96. The SMILES string of the molecule is CCCN(CCc1ccccc1)Cc1c(C(F)(F)F)cc2n1CCCN2c1c(C)cc(C)cc1Cl. The van der Waals surface area contributed by atoms with E-state index >= 15 is 0 Å². The Labute approximate surface area is 211 Å². The first-order valence-electron chi connectivity index (χ1n) is 12.3. The number of halogens is 4. The van der Waals surface area contributed by atoms with Gasteiger partial charge in [0.2, 0.25) is 0 Å². The van der Waals surface area contributed by atoms with Crippen molar-refractivity contribution in [3.8, 4) is 0 Å². The monoisotopic (exact) mass is 503 g/mol. The van der Waals surface area contributed by atoms with E-state index in [1.54, 1.807) is 0 Å². The second-order valence-electron chi connectivity index (χ2n) is 9.44. The molecule has 0 atom stereocenters. The first-order valence-corrected chi connectivity index (χ1v) is 12.7. The van der Waals surface area contributed by atoms with Gasteiger partial charge in [-0.3, -0.25) is 4.90 Å². The zero-order valence-electron chi connectivity index (χ0n) is 20.6. The van der Waals surface area contributed by atoms with Gasteiger partial charge in [0.25, 0.3) is 0 Å². The van der Waals surface area contributed by atoms with Crippen molar-refractivity contribution in [2.75, 3.05) is 24.5 Å². The summed E-state index contributed by atoms with van der Waals surface area (Å²) in [6, 6.07) is 15.3. The maximum atomic E-state index is 14.3. The highest BCUT2D eigenvalue weighted by molar-refractivity contribution is 6.33. The largest absolute Gasteiger partial charge is 0.418 e. The van der Waals surface area contributed by atoms with Gasteiger partial charge in [0, 0.05) is 31.9 Å². The van der Waals surface area contributed by atoms with Crippen LogP contribution in [-0.2, 0) is 25.7 Å². The Hall–Kier alpha value is -2.44. The molecular weight excluding hydrogens is 471 g/mol. The lowest BCUT2D eigenvalue weighted by Gasteiger charge is -2.34. The lowest BCUT2D eigenvalue weighted by atomic mass is 10.1. The summed E-state index contributed by atoms with van der Waals surface area (Å²) < 4.78 is 44.7.